The van der Waals surface area contributed by atoms with Crippen molar-refractivity contribution in [2.75, 3.05) is 5.32 Å². The zero-order chi connectivity index (χ0) is 13.7. The van der Waals surface area contributed by atoms with Crippen LogP contribution < -0.4 is 16.0 Å². The number of anilines is 1. The van der Waals surface area contributed by atoms with E-state index in [-0.39, 0.29) is 5.57 Å². The minimum atomic E-state index is -0.807. The highest BCUT2D eigenvalue weighted by Gasteiger charge is 2.26. The minimum absolute atomic E-state index is 0.120. The Morgan fingerprint density at radius 3 is 2.21 bits per heavy atom. The predicted molar refractivity (Wildman–Crippen MR) is 69.0 cm³/mol. The topological polar surface area (TPSA) is 87.3 Å². The summed E-state index contributed by atoms with van der Waals surface area (Å²) in [5, 5.41) is 6.94. The fourth-order valence-electron chi connectivity index (χ4n) is 1.45. The fraction of sp³-hybridized carbons (Fsp3) is 0. The van der Waals surface area contributed by atoms with Gasteiger partial charge in [-0.3, -0.25) is 20.2 Å². The lowest BCUT2D eigenvalue weighted by atomic mass is 10.2. The van der Waals surface area contributed by atoms with E-state index in [2.05, 4.69) is 5.32 Å². The lowest BCUT2D eigenvalue weighted by Crippen LogP contribution is -2.51. The molecule has 1 heterocycles. The Hall–Kier alpha value is -2.89. The molecular formula is C13H11N3O3. The lowest BCUT2D eigenvalue weighted by Gasteiger charge is -2.12. The fourth-order valence-corrected chi connectivity index (χ4v) is 1.45. The molecule has 96 valence electrons. The summed E-state index contributed by atoms with van der Waals surface area (Å²) in [5.41, 5.74) is 0.760. The van der Waals surface area contributed by atoms with Crippen LogP contribution in [0.2, 0.25) is 0 Å². The Labute approximate surface area is 109 Å². The molecule has 0 aromatic heterocycles. The molecule has 0 aliphatic carbocycles. The van der Waals surface area contributed by atoms with Gasteiger partial charge in [0.2, 0.25) is 0 Å². The number of hydrogen-bond acceptors (Lipinski definition) is 4. The van der Waals surface area contributed by atoms with E-state index in [4.69, 9.17) is 0 Å². The molecule has 1 aromatic carbocycles. The maximum atomic E-state index is 11.4. The molecule has 2 rings (SSSR count). The quantitative estimate of drug-likeness (QED) is 0.554. The molecule has 0 unspecified atom stereocenters. The Bertz CT molecular complexity index is 554. The Balaban J connectivity index is 2.00. The molecule has 1 saturated heterocycles. The minimum Gasteiger partial charge on any atom is -0.362 e. The zero-order valence-corrected chi connectivity index (χ0v) is 9.84. The van der Waals surface area contributed by atoms with Crippen LogP contribution in [0.25, 0.3) is 0 Å². The summed E-state index contributed by atoms with van der Waals surface area (Å²) in [5.74, 6) is -1.42. The van der Waals surface area contributed by atoms with Gasteiger partial charge in [-0.15, -0.1) is 0 Å². The highest BCUT2D eigenvalue weighted by molar-refractivity contribution is 6.28. The molecular weight excluding hydrogens is 246 g/mol. The van der Waals surface area contributed by atoms with Crippen molar-refractivity contribution < 1.29 is 14.4 Å². The Morgan fingerprint density at radius 2 is 1.58 bits per heavy atom. The molecule has 0 spiro atoms. The van der Waals surface area contributed by atoms with E-state index in [9.17, 15) is 14.4 Å². The van der Waals surface area contributed by atoms with E-state index in [0.29, 0.717) is 0 Å². The predicted octanol–water partition coefficient (Wildman–Crippen LogP) is 0.905. The number of allylic oxidation sites excluding steroid dienone is 2. The molecule has 0 saturated carbocycles. The molecule has 1 fully saturated rings. The van der Waals surface area contributed by atoms with E-state index in [1.807, 2.05) is 41.0 Å². The molecule has 6 heteroatoms. The van der Waals surface area contributed by atoms with Crippen LogP contribution in [0.3, 0.4) is 0 Å². The van der Waals surface area contributed by atoms with Gasteiger partial charge in [-0.05, 0) is 24.3 Å². The number of carbonyl (C=O) groups is 3. The molecule has 1 aliphatic rings. The van der Waals surface area contributed by atoms with Crippen LogP contribution in [-0.4, -0.2) is 17.8 Å². The maximum Gasteiger partial charge on any atom is 0.328 e. The molecule has 4 amide bonds. The van der Waals surface area contributed by atoms with E-state index < -0.39 is 17.8 Å². The van der Waals surface area contributed by atoms with Crippen LogP contribution in [0.1, 0.15) is 0 Å². The first-order valence-electron chi connectivity index (χ1n) is 5.52. The van der Waals surface area contributed by atoms with Crippen LogP contribution in [0.15, 0.2) is 54.3 Å². The second-order valence-electron chi connectivity index (χ2n) is 3.69. The van der Waals surface area contributed by atoms with Crippen LogP contribution in [-0.2, 0) is 9.59 Å². The molecule has 3 N–H and O–H groups in total. The van der Waals surface area contributed by atoms with Gasteiger partial charge in [-0.2, -0.15) is 0 Å². The van der Waals surface area contributed by atoms with Crippen molar-refractivity contribution in [3.63, 3.8) is 0 Å². The van der Waals surface area contributed by atoms with Crippen LogP contribution in [0.5, 0.6) is 0 Å². The van der Waals surface area contributed by atoms with Crippen LogP contribution >= 0.6 is 0 Å². The van der Waals surface area contributed by atoms with Gasteiger partial charge in [0.15, 0.2) is 0 Å². The number of carbonyl (C=O) groups excluding carboxylic acids is 3. The first-order valence-corrected chi connectivity index (χ1v) is 5.52. The third-order valence-corrected chi connectivity index (χ3v) is 2.33. The SMILES string of the molecule is O=C1NC(=O)C(=C/C=C/Nc2ccccc2)C(=O)N1. The van der Waals surface area contributed by atoms with Crippen molar-refractivity contribution in [3.05, 3.63) is 54.3 Å². The molecule has 0 atom stereocenters. The second kappa shape index (κ2) is 5.63. The number of barbiturate groups is 1. The number of imide groups is 2. The summed E-state index contributed by atoms with van der Waals surface area (Å²) >= 11 is 0. The first-order chi connectivity index (χ1) is 9.16. The van der Waals surface area contributed by atoms with Gasteiger partial charge in [0, 0.05) is 11.9 Å². The second-order valence-corrected chi connectivity index (χ2v) is 3.69. The summed E-state index contributed by atoms with van der Waals surface area (Å²) in [6, 6.07) is 8.58. The normalized spacial score (nSPS) is 15.2. The van der Waals surface area contributed by atoms with Gasteiger partial charge in [0.05, 0.1) is 0 Å². The average Bonchev–Trinajstić information content (AvgIpc) is 2.38. The summed E-state index contributed by atoms with van der Waals surface area (Å²) in [4.78, 5) is 33.6. The van der Waals surface area contributed by atoms with Crippen molar-refractivity contribution in [2.24, 2.45) is 0 Å². The largest absolute Gasteiger partial charge is 0.362 e. The summed E-state index contributed by atoms with van der Waals surface area (Å²) in [6.07, 6.45) is 4.42. The smallest absolute Gasteiger partial charge is 0.328 e. The number of hydrogen-bond donors (Lipinski definition) is 3. The third-order valence-electron chi connectivity index (χ3n) is 2.33. The third kappa shape index (κ3) is 3.29. The first kappa shape index (κ1) is 12.6. The van der Waals surface area contributed by atoms with Gasteiger partial charge in [-0.25, -0.2) is 4.79 Å². The van der Waals surface area contributed by atoms with Gasteiger partial charge < -0.3 is 5.32 Å². The maximum absolute atomic E-state index is 11.4. The molecule has 1 aliphatic heterocycles. The van der Waals surface area contributed by atoms with Crippen molar-refractivity contribution in [2.45, 2.75) is 0 Å². The summed E-state index contributed by atoms with van der Waals surface area (Å²) in [6.45, 7) is 0. The van der Waals surface area contributed by atoms with Crippen molar-refractivity contribution in [1.29, 1.82) is 0 Å². The highest BCUT2D eigenvalue weighted by atomic mass is 16.2. The van der Waals surface area contributed by atoms with Gasteiger partial charge in [0.1, 0.15) is 5.57 Å². The average molecular weight is 257 g/mol. The van der Waals surface area contributed by atoms with E-state index in [1.165, 1.54) is 12.2 Å². The lowest BCUT2D eigenvalue weighted by molar-refractivity contribution is -0.124. The van der Waals surface area contributed by atoms with Gasteiger partial charge in [0.25, 0.3) is 11.8 Å². The number of amides is 4. The van der Waals surface area contributed by atoms with Crippen molar-refractivity contribution >= 4 is 23.5 Å². The molecule has 1 aromatic rings. The zero-order valence-electron chi connectivity index (χ0n) is 9.84. The number of rotatable bonds is 3. The van der Waals surface area contributed by atoms with Crippen LogP contribution in [0.4, 0.5) is 10.5 Å². The molecule has 0 radical (unpaired) electrons. The van der Waals surface area contributed by atoms with Gasteiger partial charge in [-0.1, -0.05) is 18.2 Å². The van der Waals surface area contributed by atoms with Crippen molar-refractivity contribution in [3.8, 4) is 0 Å². The monoisotopic (exact) mass is 257 g/mol. The van der Waals surface area contributed by atoms with Crippen molar-refractivity contribution in [1.82, 2.24) is 10.6 Å². The number of urea groups is 1. The molecule has 19 heavy (non-hydrogen) atoms. The highest BCUT2D eigenvalue weighted by Crippen LogP contribution is 2.05. The van der Waals surface area contributed by atoms with Crippen LogP contribution in [0, 0.1) is 0 Å². The number of para-hydroxylation sites is 1. The summed E-state index contributed by atoms with van der Waals surface area (Å²) < 4.78 is 0. The van der Waals surface area contributed by atoms with E-state index >= 15 is 0 Å². The standard InChI is InChI=1S/C13H11N3O3/c17-11-10(12(18)16-13(19)15-11)7-4-8-14-9-5-2-1-3-6-9/h1-8,14H,(H2,15,16,17,18,19)/b8-4+. The Kier molecular flexibility index (Phi) is 3.72. The molecule has 6 nitrogen and oxygen atoms in total. The van der Waals surface area contributed by atoms with E-state index in [0.717, 1.165) is 5.69 Å². The molecule has 0 bridgehead atoms. The van der Waals surface area contributed by atoms with E-state index in [1.54, 1.807) is 6.20 Å². The number of benzene rings is 1. The van der Waals surface area contributed by atoms with Gasteiger partial charge >= 0.3 is 6.03 Å². The number of nitrogens with one attached hydrogen (secondary N) is 3. The Morgan fingerprint density at radius 1 is 0.947 bits per heavy atom. The summed E-state index contributed by atoms with van der Waals surface area (Å²) in [7, 11) is 0.